The number of hydrogen-bond acceptors (Lipinski definition) is 6. The minimum atomic E-state index is -0.450. The number of esters is 1. The SMILES string of the molecule is CCOC(=O)COc1ccc(Br)cc1/C=N/NC(=O)c1cccs1. The summed E-state index contributed by atoms with van der Waals surface area (Å²) >= 11 is 4.69. The molecule has 8 heteroatoms. The van der Waals surface area contributed by atoms with Gasteiger partial charge in [-0.25, -0.2) is 10.2 Å². The highest BCUT2D eigenvalue weighted by molar-refractivity contribution is 9.10. The number of carbonyl (C=O) groups excluding carboxylic acids is 2. The van der Waals surface area contributed by atoms with Crippen LogP contribution in [0.15, 0.2) is 45.3 Å². The van der Waals surface area contributed by atoms with Crippen LogP contribution in [0.25, 0.3) is 0 Å². The Balaban J connectivity index is 2.02. The molecule has 0 aliphatic carbocycles. The Morgan fingerprint density at radius 2 is 2.21 bits per heavy atom. The van der Waals surface area contributed by atoms with Gasteiger partial charge >= 0.3 is 5.97 Å². The molecule has 0 fully saturated rings. The van der Waals surface area contributed by atoms with Crippen molar-refractivity contribution in [3.05, 3.63) is 50.6 Å². The lowest BCUT2D eigenvalue weighted by Gasteiger charge is -2.09. The molecule has 2 aromatic rings. The molecule has 0 unspecified atom stereocenters. The predicted octanol–water partition coefficient (Wildman–Crippen LogP) is 3.22. The van der Waals surface area contributed by atoms with E-state index in [2.05, 4.69) is 26.5 Å². The van der Waals surface area contributed by atoms with Crippen LogP contribution in [0, 0.1) is 0 Å². The molecule has 1 heterocycles. The summed E-state index contributed by atoms with van der Waals surface area (Å²) in [4.78, 5) is 23.8. The van der Waals surface area contributed by atoms with Gasteiger partial charge in [-0.1, -0.05) is 22.0 Å². The number of benzene rings is 1. The van der Waals surface area contributed by atoms with Crippen molar-refractivity contribution in [3.8, 4) is 5.75 Å². The van der Waals surface area contributed by atoms with Gasteiger partial charge in [-0.3, -0.25) is 4.79 Å². The second-order valence-electron chi connectivity index (χ2n) is 4.45. The van der Waals surface area contributed by atoms with E-state index in [1.54, 1.807) is 37.3 Å². The first kappa shape index (κ1) is 18.2. The quantitative estimate of drug-likeness (QED) is 0.431. The number of halogens is 1. The molecule has 1 aromatic heterocycles. The van der Waals surface area contributed by atoms with Crippen molar-refractivity contribution in [2.75, 3.05) is 13.2 Å². The minimum Gasteiger partial charge on any atom is -0.481 e. The van der Waals surface area contributed by atoms with E-state index in [0.717, 1.165) is 4.47 Å². The molecular formula is C16H15BrN2O4S. The van der Waals surface area contributed by atoms with Crippen LogP contribution < -0.4 is 10.2 Å². The van der Waals surface area contributed by atoms with Gasteiger partial charge in [-0.2, -0.15) is 5.10 Å². The van der Waals surface area contributed by atoms with Crippen molar-refractivity contribution >= 4 is 45.4 Å². The van der Waals surface area contributed by atoms with Crippen molar-refractivity contribution in [1.82, 2.24) is 5.43 Å². The van der Waals surface area contributed by atoms with Gasteiger partial charge in [0.05, 0.1) is 17.7 Å². The molecule has 1 aromatic carbocycles. The number of amides is 1. The summed E-state index contributed by atoms with van der Waals surface area (Å²) in [7, 11) is 0. The zero-order valence-electron chi connectivity index (χ0n) is 12.8. The zero-order chi connectivity index (χ0) is 17.4. The standard InChI is InChI=1S/C16H15BrN2O4S/c1-2-22-15(20)10-23-13-6-5-12(17)8-11(13)9-18-19-16(21)14-4-3-7-24-14/h3-9H,2,10H2,1H3,(H,19,21)/b18-9+. The third-order valence-electron chi connectivity index (χ3n) is 2.74. The molecule has 126 valence electrons. The summed E-state index contributed by atoms with van der Waals surface area (Å²) in [6.45, 7) is 1.83. The second kappa shape index (κ2) is 9.19. The third-order valence-corrected chi connectivity index (χ3v) is 4.10. The molecule has 0 radical (unpaired) electrons. The van der Waals surface area contributed by atoms with Crippen LogP contribution in [-0.4, -0.2) is 31.3 Å². The van der Waals surface area contributed by atoms with Crippen molar-refractivity contribution in [1.29, 1.82) is 0 Å². The first-order chi connectivity index (χ1) is 11.6. The van der Waals surface area contributed by atoms with E-state index in [1.807, 2.05) is 5.38 Å². The van der Waals surface area contributed by atoms with Crippen molar-refractivity contribution in [2.45, 2.75) is 6.92 Å². The van der Waals surface area contributed by atoms with Crippen LogP contribution in [0.5, 0.6) is 5.75 Å². The molecule has 0 aliphatic rings. The topological polar surface area (TPSA) is 77.0 Å². The minimum absolute atomic E-state index is 0.197. The van der Waals surface area contributed by atoms with Crippen LogP contribution in [0.2, 0.25) is 0 Å². The highest BCUT2D eigenvalue weighted by atomic mass is 79.9. The normalized spacial score (nSPS) is 10.6. The molecule has 0 aliphatic heterocycles. The number of carbonyl (C=O) groups is 2. The van der Waals surface area contributed by atoms with Gasteiger partial charge in [-0.15, -0.1) is 11.3 Å². The van der Waals surface area contributed by atoms with Gasteiger partial charge in [0.1, 0.15) is 5.75 Å². The van der Waals surface area contributed by atoms with Crippen LogP contribution in [0.1, 0.15) is 22.2 Å². The highest BCUT2D eigenvalue weighted by Gasteiger charge is 2.08. The first-order valence-electron chi connectivity index (χ1n) is 7.05. The van der Waals surface area contributed by atoms with Crippen molar-refractivity contribution < 1.29 is 19.1 Å². The number of rotatable bonds is 7. The maximum atomic E-state index is 11.8. The number of nitrogens with zero attached hydrogens (tertiary/aromatic N) is 1. The first-order valence-corrected chi connectivity index (χ1v) is 8.72. The van der Waals surface area contributed by atoms with Gasteiger partial charge in [-0.05, 0) is 36.6 Å². The molecular weight excluding hydrogens is 396 g/mol. The average Bonchev–Trinajstić information content (AvgIpc) is 3.09. The van der Waals surface area contributed by atoms with Gasteiger partial charge in [0, 0.05) is 10.0 Å². The number of ether oxygens (including phenoxy) is 2. The summed E-state index contributed by atoms with van der Waals surface area (Å²) in [6, 6.07) is 8.75. The smallest absolute Gasteiger partial charge is 0.344 e. The van der Waals surface area contributed by atoms with E-state index in [0.29, 0.717) is 22.8 Å². The van der Waals surface area contributed by atoms with E-state index in [9.17, 15) is 9.59 Å². The average molecular weight is 411 g/mol. The molecule has 0 spiro atoms. The van der Waals surface area contributed by atoms with Crippen molar-refractivity contribution in [3.63, 3.8) is 0 Å². The Labute approximate surface area is 151 Å². The van der Waals surface area contributed by atoms with Crippen LogP contribution in [-0.2, 0) is 9.53 Å². The van der Waals surface area contributed by atoms with E-state index >= 15 is 0 Å². The lowest BCUT2D eigenvalue weighted by molar-refractivity contribution is -0.145. The summed E-state index contributed by atoms with van der Waals surface area (Å²) in [5, 5.41) is 5.74. The predicted molar refractivity (Wildman–Crippen MR) is 95.6 cm³/mol. The summed E-state index contributed by atoms with van der Waals surface area (Å²) in [5.74, 6) is -0.278. The fraction of sp³-hybridized carbons (Fsp3) is 0.188. The molecule has 0 saturated carbocycles. The fourth-order valence-corrected chi connectivity index (χ4v) is 2.71. The number of hydrogen-bond donors (Lipinski definition) is 1. The van der Waals surface area contributed by atoms with Gasteiger partial charge in [0.25, 0.3) is 5.91 Å². The monoisotopic (exact) mass is 410 g/mol. The fourth-order valence-electron chi connectivity index (χ4n) is 1.71. The molecule has 1 N–H and O–H groups in total. The van der Waals surface area contributed by atoms with Crippen molar-refractivity contribution in [2.24, 2.45) is 5.10 Å². The van der Waals surface area contributed by atoms with Crippen LogP contribution >= 0.6 is 27.3 Å². The number of thiophene rings is 1. The van der Waals surface area contributed by atoms with E-state index < -0.39 is 5.97 Å². The molecule has 24 heavy (non-hydrogen) atoms. The Morgan fingerprint density at radius 3 is 2.92 bits per heavy atom. The molecule has 6 nitrogen and oxygen atoms in total. The van der Waals surface area contributed by atoms with Gasteiger partial charge < -0.3 is 9.47 Å². The molecule has 0 saturated heterocycles. The Kier molecular flexibility index (Phi) is 6.95. The van der Waals surface area contributed by atoms with E-state index in [4.69, 9.17) is 9.47 Å². The van der Waals surface area contributed by atoms with E-state index in [1.165, 1.54) is 17.6 Å². The second-order valence-corrected chi connectivity index (χ2v) is 6.32. The zero-order valence-corrected chi connectivity index (χ0v) is 15.2. The molecule has 2 rings (SSSR count). The molecule has 1 amide bonds. The largest absolute Gasteiger partial charge is 0.481 e. The highest BCUT2D eigenvalue weighted by Crippen LogP contribution is 2.22. The Morgan fingerprint density at radius 1 is 1.38 bits per heavy atom. The maximum Gasteiger partial charge on any atom is 0.344 e. The summed E-state index contributed by atoms with van der Waals surface area (Å²) in [6.07, 6.45) is 1.46. The number of hydrazone groups is 1. The maximum absolute atomic E-state index is 11.8. The Hall–Kier alpha value is -2.19. The van der Waals surface area contributed by atoms with Crippen LogP contribution in [0.3, 0.4) is 0 Å². The number of nitrogens with one attached hydrogen (secondary N) is 1. The Bertz CT molecular complexity index is 732. The third kappa shape index (κ3) is 5.47. The lowest BCUT2D eigenvalue weighted by Crippen LogP contribution is -2.17. The molecule has 0 atom stereocenters. The van der Waals surface area contributed by atoms with Gasteiger partial charge in [0.2, 0.25) is 0 Å². The lowest BCUT2D eigenvalue weighted by atomic mass is 10.2. The van der Waals surface area contributed by atoms with Gasteiger partial charge in [0.15, 0.2) is 6.61 Å². The summed E-state index contributed by atoms with van der Waals surface area (Å²) < 4.78 is 11.1. The van der Waals surface area contributed by atoms with E-state index in [-0.39, 0.29) is 12.5 Å². The summed E-state index contributed by atoms with van der Waals surface area (Å²) in [5.41, 5.74) is 3.06. The molecule has 0 bridgehead atoms. The van der Waals surface area contributed by atoms with Crippen LogP contribution in [0.4, 0.5) is 0 Å².